The fraction of sp³-hybridized carbons (Fsp3) is 0.0417. The third kappa shape index (κ3) is 4.64. The summed E-state index contributed by atoms with van der Waals surface area (Å²) in [6.07, 6.45) is 0.959. The van der Waals surface area contributed by atoms with Gasteiger partial charge in [-0.25, -0.2) is 4.79 Å². The van der Waals surface area contributed by atoms with Crippen LogP contribution in [0.4, 0.5) is 5.13 Å². The molecule has 0 saturated heterocycles. The summed E-state index contributed by atoms with van der Waals surface area (Å²) in [5.41, 5.74) is 6.78. The molecule has 0 bridgehead atoms. The molecular formula is C24H18ClN3O3S. The third-order valence-corrected chi connectivity index (χ3v) is 5.53. The molecule has 0 aliphatic heterocycles. The molecule has 32 heavy (non-hydrogen) atoms. The van der Waals surface area contributed by atoms with Crippen molar-refractivity contribution in [2.45, 2.75) is 5.60 Å². The molecule has 4 rings (SSSR count). The Labute approximate surface area is 193 Å². The highest BCUT2D eigenvalue weighted by Crippen LogP contribution is 2.41. The van der Waals surface area contributed by atoms with Crippen molar-refractivity contribution in [3.63, 3.8) is 0 Å². The van der Waals surface area contributed by atoms with E-state index in [4.69, 9.17) is 26.9 Å². The largest absolute Gasteiger partial charge is 0.402 e. The van der Waals surface area contributed by atoms with Crippen molar-refractivity contribution in [1.29, 1.82) is 0 Å². The number of hydrogen-bond acceptors (Lipinski definition) is 7. The summed E-state index contributed by atoms with van der Waals surface area (Å²) in [6, 6.07) is 26.5. The van der Waals surface area contributed by atoms with Gasteiger partial charge in [-0.3, -0.25) is 0 Å². The lowest BCUT2D eigenvalue weighted by Crippen LogP contribution is -2.31. The number of carbonyl (C=O) groups excluding carboxylic acids is 1. The van der Waals surface area contributed by atoms with Gasteiger partial charge in [0.25, 0.3) is 0 Å². The zero-order chi connectivity index (χ0) is 22.4. The van der Waals surface area contributed by atoms with E-state index in [1.165, 1.54) is 16.7 Å². The Morgan fingerprint density at radius 3 is 2.16 bits per heavy atom. The number of thiazole rings is 1. The zero-order valence-electron chi connectivity index (χ0n) is 16.7. The van der Waals surface area contributed by atoms with Crippen LogP contribution in [0.1, 0.15) is 16.7 Å². The van der Waals surface area contributed by atoms with Crippen LogP contribution >= 0.6 is 22.9 Å². The van der Waals surface area contributed by atoms with Gasteiger partial charge in [-0.15, -0.1) is 11.3 Å². The summed E-state index contributed by atoms with van der Waals surface area (Å²) in [5.74, 6) is -0.632. The smallest absolute Gasteiger partial charge is 0.359 e. The maximum Gasteiger partial charge on any atom is 0.359 e. The molecule has 4 aromatic rings. The summed E-state index contributed by atoms with van der Waals surface area (Å²) in [5, 5.41) is 6.39. The lowest BCUT2D eigenvalue weighted by Gasteiger charge is -2.33. The minimum absolute atomic E-state index is 0.108. The summed E-state index contributed by atoms with van der Waals surface area (Å²) in [4.78, 5) is 22.2. The Balaban J connectivity index is 1.75. The van der Waals surface area contributed by atoms with Gasteiger partial charge in [-0.1, -0.05) is 89.6 Å². The normalized spacial score (nSPS) is 11.4. The number of rotatable bonds is 7. The molecule has 160 valence electrons. The van der Waals surface area contributed by atoms with E-state index >= 15 is 0 Å². The van der Waals surface area contributed by atoms with E-state index < -0.39 is 11.6 Å². The Morgan fingerprint density at radius 1 is 0.969 bits per heavy atom. The second kappa shape index (κ2) is 9.64. The van der Waals surface area contributed by atoms with Crippen LogP contribution in [0.5, 0.6) is 5.88 Å². The van der Waals surface area contributed by atoms with E-state index in [9.17, 15) is 4.79 Å². The molecule has 8 heteroatoms. The topological polar surface area (TPSA) is 86.8 Å². The highest BCUT2D eigenvalue weighted by Gasteiger charge is 2.39. The van der Waals surface area contributed by atoms with Crippen LogP contribution < -0.4 is 10.5 Å². The van der Waals surface area contributed by atoms with E-state index in [0.717, 1.165) is 22.9 Å². The maximum absolute atomic E-state index is 12.2. The van der Waals surface area contributed by atoms with Crippen LogP contribution in [0.25, 0.3) is 0 Å². The summed E-state index contributed by atoms with van der Waals surface area (Å²) in [6.45, 7) is 0. The lowest BCUT2D eigenvalue weighted by atomic mass is 9.80. The van der Waals surface area contributed by atoms with Crippen LogP contribution in [0.15, 0.2) is 95.5 Å². The van der Waals surface area contributed by atoms with E-state index in [-0.39, 0.29) is 5.88 Å². The van der Waals surface area contributed by atoms with Crippen LogP contribution in [0, 0.1) is 0 Å². The Kier molecular flexibility index (Phi) is 6.49. The Morgan fingerprint density at radius 2 is 1.59 bits per heavy atom. The summed E-state index contributed by atoms with van der Waals surface area (Å²) in [7, 11) is 0. The minimum atomic E-state index is -1.16. The highest BCUT2D eigenvalue weighted by molar-refractivity contribution is 7.13. The number of hydrogen-bond donors (Lipinski definition) is 1. The first-order valence-electron chi connectivity index (χ1n) is 9.59. The number of esters is 1. The summed E-state index contributed by atoms with van der Waals surface area (Å²) >= 11 is 7.49. The van der Waals surface area contributed by atoms with Crippen LogP contribution in [-0.4, -0.2) is 17.2 Å². The van der Waals surface area contributed by atoms with E-state index in [1.54, 1.807) is 6.07 Å². The van der Waals surface area contributed by atoms with Crippen LogP contribution in [-0.2, 0) is 15.2 Å². The molecule has 2 N–H and O–H groups in total. The van der Waals surface area contributed by atoms with Gasteiger partial charge in [0, 0.05) is 21.7 Å². The summed E-state index contributed by atoms with van der Waals surface area (Å²) < 4.78 is 5.12. The van der Waals surface area contributed by atoms with Gasteiger partial charge in [0.15, 0.2) is 11.3 Å². The van der Waals surface area contributed by atoms with Gasteiger partial charge in [-0.2, -0.15) is 4.98 Å². The van der Waals surface area contributed by atoms with Crippen LogP contribution in [0.2, 0.25) is 5.02 Å². The second-order valence-electron chi connectivity index (χ2n) is 6.69. The molecule has 0 aliphatic carbocycles. The highest BCUT2D eigenvalue weighted by atomic mass is 35.5. The van der Waals surface area contributed by atoms with Gasteiger partial charge in [0.05, 0.1) is 5.38 Å². The molecule has 0 spiro atoms. The fourth-order valence-corrected chi connectivity index (χ4v) is 3.96. The monoisotopic (exact) mass is 463 g/mol. The molecule has 0 fully saturated rings. The zero-order valence-corrected chi connectivity index (χ0v) is 18.3. The molecule has 0 saturated carbocycles. The van der Waals surface area contributed by atoms with Crippen molar-refractivity contribution in [3.8, 4) is 5.88 Å². The second-order valence-corrected chi connectivity index (χ2v) is 8.02. The number of oxime groups is 1. The van der Waals surface area contributed by atoms with Crippen molar-refractivity contribution in [2.24, 2.45) is 5.16 Å². The van der Waals surface area contributed by atoms with E-state index in [0.29, 0.717) is 10.2 Å². The molecule has 0 aliphatic rings. The third-order valence-electron chi connectivity index (χ3n) is 4.65. The van der Waals surface area contributed by atoms with Crippen molar-refractivity contribution in [2.75, 3.05) is 5.73 Å². The van der Waals surface area contributed by atoms with Crippen molar-refractivity contribution < 1.29 is 14.4 Å². The SMILES string of the molecule is Nc1nc(OC(=O)C=NOC(c2ccccc2)(c2ccccc2)c2cccc(Cl)c2)cs1. The van der Waals surface area contributed by atoms with Crippen molar-refractivity contribution in [1.82, 2.24) is 4.98 Å². The first kappa shape index (κ1) is 21.5. The number of nitrogen functional groups attached to an aromatic ring is 1. The quantitative estimate of drug-likeness (QED) is 0.174. The molecule has 3 aromatic carbocycles. The molecule has 0 radical (unpaired) electrons. The van der Waals surface area contributed by atoms with Gasteiger partial charge in [0.2, 0.25) is 11.5 Å². The van der Waals surface area contributed by atoms with E-state index in [1.807, 2.05) is 78.9 Å². The van der Waals surface area contributed by atoms with Gasteiger partial charge in [-0.05, 0) is 12.1 Å². The number of nitrogens with two attached hydrogens (primary N) is 1. The maximum atomic E-state index is 12.2. The molecule has 0 atom stereocenters. The standard InChI is InChI=1S/C24H18ClN3O3S/c25-20-13-7-12-19(14-20)24(17-8-3-1-4-9-17,18-10-5-2-6-11-18)31-27-15-22(29)30-21-16-32-23(26)28-21/h1-16H,(H2,26,28). The molecule has 0 amide bonds. The van der Waals surface area contributed by atoms with Gasteiger partial charge >= 0.3 is 5.97 Å². The van der Waals surface area contributed by atoms with Crippen LogP contribution in [0.3, 0.4) is 0 Å². The number of carbonyl (C=O) groups is 1. The average molecular weight is 464 g/mol. The molecule has 1 heterocycles. The predicted octanol–water partition coefficient (Wildman–Crippen LogP) is 5.28. The first-order valence-corrected chi connectivity index (χ1v) is 10.8. The Hall–Kier alpha value is -3.68. The molecular weight excluding hydrogens is 446 g/mol. The van der Waals surface area contributed by atoms with Gasteiger partial charge < -0.3 is 15.3 Å². The van der Waals surface area contributed by atoms with Crippen molar-refractivity contribution in [3.05, 3.63) is 112 Å². The number of anilines is 1. The minimum Gasteiger partial charge on any atom is -0.402 e. The number of aromatic nitrogens is 1. The average Bonchev–Trinajstić information content (AvgIpc) is 3.22. The van der Waals surface area contributed by atoms with E-state index in [2.05, 4.69) is 10.1 Å². The lowest BCUT2D eigenvalue weighted by molar-refractivity contribution is -0.127. The van der Waals surface area contributed by atoms with Crippen molar-refractivity contribution >= 4 is 40.3 Å². The first-order chi connectivity index (χ1) is 15.6. The number of ether oxygens (including phenoxy) is 1. The Bertz CT molecular complexity index is 1190. The number of nitrogens with zero attached hydrogens (tertiary/aromatic N) is 2. The fourth-order valence-electron chi connectivity index (χ4n) is 3.31. The predicted molar refractivity (Wildman–Crippen MR) is 126 cm³/mol. The molecule has 1 aromatic heterocycles. The van der Waals surface area contributed by atoms with Gasteiger partial charge in [0.1, 0.15) is 0 Å². The number of halogens is 1. The molecule has 0 unspecified atom stereocenters. The molecule has 6 nitrogen and oxygen atoms in total. The number of benzene rings is 3.